The van der Waals surface area contributed by atoms with Gasteiger partial charge in [-0.3, -0.25) is 4.98 Å². The molecule has 6 heteroatoms. The van der Waals surface area contributed by atoms with Gasteiger partial charge >= 0.3 is 0 Å². The molecule has 3 heterocycles. The van der Waals surface area contributed by atoms with E-state index in [0.29, 0.717) is 11.5 Å². The number of nitrogens with one attached hydrogen (secondary N) is 1. The van der Waals surface area contributed by atoms with Crippen LogP contribution in [0.4, 0.5) is 5.82 Å². The number of aryl methyl sites for hydroxylation is 2. The molecular formula is C20H19N5S. The summed E-state index contributed by atoms with van der Waals surface area (Å²) in [6.45, 7) is 2.95. The Morgan fingerprint density at radius 1 is 1.08 bits per heavy atom. The molecular weight excluding hydrogens is 342 g/mol. The summed E-state index contributed by atoms with van der Waals surface area (Å²) in [5.74, 6) is 1.48. The number of hydrogen-bond donors (Lipinski definition) is 1. The van der Waals surface area contributed by atoms with Crippen molar-refractivity contribution in [1.29, 1.82) is 0 Å². The molecule has 0 aliphatic heterocycles. The highest BCUT2D eigenvalue weighted by Crippen LogP contribution is 2.30. The van der Waals surface area contributed by atoms with Crippen LogP contribution in [0.5, 0.6) is 0 Å². The van der Waals surface area contributed by atoms with Crippen LogP contribution in [0, 0.1) is 6.92 Å². The number of benzene rings is 1. The third-order valence-electron chi connectivity index (χ3n) is 4.09. The molecule has 0 amide bonds. The Hall–Kier alpha value is -2.86. The first-order chi connectivity index (χ1) is 12.8. The van der Waals surface area contributed by atoms with Crippen LogP contribution in [0.3, 0.4) is 0 Å². The Balaban J connectivity index is 1.55. The fraction of sp³-hybridized carbons (Fsp3) is 0.200. The van der Waals surface area contributed by atoms with E-state index in [1.807, 2.05) is 6.07 Å². The van der Waals surface area contributed by atoms with Crippen molar-refractivity contribution in [2.45, 2.75) is 19.8 Å². The average Bonchev–Trinajstić information content (AvgIpc) is 3.07. The second kappa shape index (κ2) is 7.58. The van der Waals surface area contributed by atoms with Gasteiger partial charge in [-0.1, -0.05) is 30.3 Å². The van der Waals surface area contributed by atoms with Crippen LogP contribution in [0.15, 0.2) is 55.0 Å². The van der Waals surface area contributed by atoms with Crippen molar-refractivity contribution in [3.63, 3.8) is 0 Å². The van der Waals surface area contributed by atoms with Gasteiger partial charge in [0, 0.05) is 23.8 Å². The Morgan fingerprint density at radius 2 is 1.96 bits per heavy atom. The van der Waals surface area contributed by atoms with E-state index in [9.17, 15) is 0 Å². The van der Waals surface area contributed by atoms with Crippen molar-refractivity contribution in [1.82, 2.24) is 19.9 Å². The van der Waals surface area contributed by atoms with Crippen molar-refractivity contribution in [2.24, 2.45) is 0 Å². The number of aromatic nitrogens is 4. The SMILES string of the molecule is Cc1cc2c(NCCCc3ccccc3)nc(-c3cnccn3)nc2s1. The van der Waals surface area contributed by atoms with Gasteiger partial charge < -0.3 is 5.32 Å². The van der Waals surface area contributed by atoms with Crippen molar-refractivity contribution in [3.8, 4) is 11.5 Å². The maximum absolute atomic E-state index is 4.71. The standard InChI is InChI=1S/C20H19N5S/c1-14-12-16-18(23-9-5-8-15-6-3-2-4-7-15)24-19(25-20(16)26-14)17-13-21-10-11-22-17/h2-4,6-7,10-13H,5,8-9H2,1H3,(H,23,24,25). The average molecular weight is 361 g/mol. The summed E-state index contributed by atoms with van der Waals surface area (Å²) >= 11 is 1.67. The third kappa shape index (κ3) is 3.70. The summed E-state index contributed by atoms with van der Waals surface area (Å²) in [5, 5.41) is 4.56. The topological polar surface area (TPSA) is 63.6 Å². The summed E-state index contributed by atoms with van der Waals surface area (Å²) in [4.78, 5) is 20.0. The van der Waals surface area contributed by atoms with Gasteiger partial charge in [0.2, 0.25) is 0 Å². The zero-order valence-electron chi connectivity index (χ0n) is 14.5. The Bertz CT molecular complexity index is 999. The molecule has 0 aliphatic rings. The lowest BCUT2D eigenvalue weighted by Gasteiger charge is -2.09. The van der Waals surface area contributed by atoms with E-state index in [0.717, 1.165) is 35.4 Å². The maximum Gasteiger partial charge on any atom is 0.183 e. The molecule has 5 nitrogen and oxygen atoms in total. The molecule has 1 aromatic carbocycles. The van der Waals surface area contributed by atoms with Gasteiger partial charge in [-0.2, -0.15) is 0 Å². The van der Waals surface area contributed by atoms with Gasteiger partial charge in [0.25, 0.3) is 0 Å². The van der Waals surface area contributed by atoms with E-state index in [4.69, 9.17) is 4.98 Å². The van der Waals surface area contributed by atoms with Crippen molar-refractivity contribution >= 4 is 27.4 Å². The quantitative estimate of drug-likeness (QED) is 0.512. The molecule has 26 heavy (non-hydrogen) atoms. The molecule has 130 valence electrons. The molecule has 0 saturated heterocycles. The number of rotatable bonds is 6. The summed E-state index contributed by atoms with van der Waals surface area (Å²) in [6.07, 6.45) is 7.09. The van der Waals surface area contributed by atoms with Crippen LogP contribution >= 0.6 is 11.3 Å². The summed E-state index contributed by atoms with van der Waals surface area (Å²) in [5.41, 5.74) is 2.04. The minimum Gasteiger partial charge on any atom is -0.369 e. The summed E-state index contributed by atoms with van der Waals surface area (Å²) in [7, 11) is 0. The lowest BCUT2D eigenvalue weighted by Crippen LogP contribution is -2.06. The zero-order valence-corrected chi connectivity index (χ0v) is 15.3. The molecule has 0 radical (unpaired) electrons. The third-order valence-corrected chi connectivity index (χ3v) is 5.03. The minimum atomic E-state index is 0.609. The molecule has 0 spiro atoms. The lowest BCUT2D eigenvalue weighted by atomic mass is 10.1. The zero-order chi connectivity index (χ0) is 17.8. The van der Waals surface area contributed by atoms with Crippen LogP contribution in [0.25, 0.3) is 21.7 Å². The van der Waals surface area contributed by atoms with E-state index < -0.39 is 0 Å². The predicted octanol–water partition coefficient (Wildman–Crippen LogP) is 4.50. The Kier molecular flexibility index (Phi) is 4.84. The second-order valence-corrected chi connectivity index (χ2v) is 7.31. The van der Waals surface area contributed by atoms with E-state index in [1.165, 1.54) is 10.4 Å². The van der Waals surface area contributed by atoms with Gasteiger partial charge in [0.1, 0.15) is 16.3 Å². The van der Waals surface area contributed by atoms with Crippen molar-refractivity contribution < 1.29 is 0 Å². The van der Waals surface area contributed by atoms with Crippen molar-refractivity contribution in [2.75, 3.05) is 11.9 Å². The lowest BCUT2D eigenvalue weighted by molar-refractivity contribution is 0.860. The van der Waals surface area contributed by atoms with Crippen LogP contribution in [-0.2, 0) is 6.42 Å². The molecule has 1 N–H and O–H groups in total. The molecule has 0 unspecified atom stereocenters. The van der Waals surface area contributed by atoms with E-state index in [2.05, 4.69) is 57.5 Å². The van der Waals surface area contributed by atoms with Gasteiger partial charge in [-0.05, 0) is 31.4 Å². The van der Waals surface area contributed by atoms with Gasteiger partial charge in [-0.15, -0.1) is 11.3 Å². The molecule has 0 saturated carbocycles. The first kappa shape index (κ1) is 16.6. The van der Waals surface area contributed by atoms with Crippen LogP contribution in [-0.4, -0.2) is 26.5 Å². The highest BCUT2D eigenvalue weighted by molar-refractivity contribution is 7.18. The molecule has 0 bridgehead atoms. The monoisotopic (exact) mass is 361 g/mol. The molecule has 0 atom stereocenters. The minimum absolute atomic E-state index is 0.609. The first-order valence-electron chi connectivity index (χ1n) is 8.62. The van der Waals surface area contributed by atoms with Gasteiger partial charge in [-0.25, -0.2) is 15.0 Å². The summed E-state index contributed by atoms with van der Waals surface area (Å²) in [6, 6.07) is 12.7. The highest BCUT2D eigenvalue weighted by Gasteiger charge is 2.12. The normalized spacial score (nSPS) is 11.0. The van der Waals surface area contributed by atoms with E-state index in [1.54, 1.807) is 29.9 Å². The molecule has 0 fully saturated rings. The summed E-state index contributed by atoms with van der Waals surface area (Å²) < 4.78 is 0. The number of anilines is 1. The van der Waals surface area contributed by atoms with E-state index in [-0.39, 0.29) is 0 Å². The second-order valence-electron chi connectivity index (χ2n) is 6.08. The fourth-order valence-electron chi connectivity index (χ4n) is 2.85. The van der Waals surface area contributed by atoms with Crippen LogP contribution in [0.2, 0.25) is 0 Å². The highest BCUT2D eigenvalue weighted by atomic mass is 32.1. The maximum atomic E-state index is 4.71. The van der Waals surface area contributed by atoms with Crippen molar-refractivity contribution in [3.05, 3.63) is 65.4 Å². The number of fused-ring (bicyclic) bond motifs is 1. The Morgan fingerprint density at radius 3 is 2.77 bits per heavy atom. The van der Waals surface area contributed by atoms with Gasteiger partial charge in [0.05, 0.1) is 11.6 Å². The molecule has 3 aromatic heterocycles. The molecule has 4 aromatic rings. The van der Waals surface area contributed by atoms with Gasteiger partial charge in [0.15, 0.2) is 5.82 Å². The smallest absolute Gasteiger partial charge is 0.183 e. The number of thiophene rings is 1. The van der Waals surface area contributed by atoms with E-state index >= 15 is 0 Å². The number of nitrogens with zero attached hydrogens (tertiary/aromatic N) is 4. The fourth-order valence-corrected chi connectivity index (χ4v) is 3.73. The van der Waals surface area contributed by atoms with Crippen LogP contribution in [0.1, 0.15) is 16.9 Å². The first-order valence-corrected chi connectivity index (χ1v) is 9.43. The largest absolute Gasteiger partial charge is 0.369 e. The predicted molar refractivity (Wildman–Crippen MR) is 106 cm³/mol. The molecule has 4 rings (SSSR count). The van der Waals surface area contributed by atoms with Crippen LogP contribution < -0.4 is 5.32 Å². The molecule has 0 aliphatic carbocycles. The number of hydrogen-bond acceptors (Lipinski definition) is 6. The Labute approximate surface area is 156 Å².